The predicted octanol–water partition coefficient (Wildman–Crippen LogP) is 4.81. The molecule has 0 aliphatic rings. The molecule has 160 valence electrons. The van der Waals surface area contributed by atoms with Gasteiger partial charge in [-0.1, -0.05) is 90.1 Å². The summed E-state index contributed by atoms with van der Waals surface area (Å²) < 4.78 is 1.47. The van der Waals surface area contributed by atoms with E-state index in [1.807, 2.05) is 79.7 Å². The molecule has 1 heterocycles. The Hall–Kier alpha value is -3.64. The Labute approximate surface area is 190 Å². The first-order valence-electron chi connectivity index (χ1n) is 10.2. The van der Waals surface area contributed by atoms with E-state index in [1.165, 1.54) is 4.57 Å². The lowest BCUT2D eigenvalue weighted by Crippen LogP contribution is -2.26. The molecule has 32 heavy (non-hydrogen) atoms. The Kier molecular flexibility index (Phi) is 6.52. The van der Waals surface area contributed by atoms with Crippen molar-refractivity contribution in [2.45, 2.75) is 18.5 Å². The zero-order valence-electron chi connectivity index (χ0n) is 17.6. The van der Waals surface area contributed by atoms with Crippen LogP contribution in [0.1, 0.15) is 27.0 Å². The third-order valence-electron chi connectivity index (χ3n) is 5.07. The van der Waals surface area contributed by atoms with Crippen LogP contribution in [-0.4, -0.2) is 26.2 Å². The van der Waals surface area contributed by atoms with Crippen molar-refractivity contribution in [2.75, 3.05) is 5.75 Å². The minimum atomic E-state index is -0.347. The summed E-state index contributed by atoms with van der Waals surface area (Å²) in [6.45, 7) is 1.97. The fourth-order valence-electron chi connectivity index (χ4n) is 3.34. The SMILES string of the molecule is Cc1ccc(-n2c(SCC(=O)c3ccccc3)nc(O)c(Cc3ccccc3)c2=O)cc1. The summed E-state index contributed by atoms with van der Waals surface area (Å²) in [4.78, 5) is 30.4. The lowest BCUT2D eigenvalue weighted by atomic mass is 10.1. The number of aromatic hydroxyl groups is 1. The maximum Gasteiger partial charge on any atom is 0.266 e. The number of hydrogen-bond donors (Lipinski definition) is 1. The van der Waals surface area contributed by atoms with Gasteiger partial charge in [-0.2, -0.15) is 4.98 Å². The molecule has 0 atom stereocenters. The highest BCUT2D eigenvalue weighted by Gasteiger charge is 2.19. The number of benzene rings is 3. The Morgan fingerprint density at radius 3 is 2.22 bits per heavy atom. The van der Waals surface area contributed by atoms with E-state index in [4.69, 9.17) is 0 Å². The van der Waals surface area contributed by atoms with Crippen molar-refractivity contribution in [1.29, 1.82) is 0 Å². The van der Waals surface area contributed by atoms with Gasteiger partial charge in [0.2, 0.25) is 5.88 Å². The first-order chi connectivity index (χ1) is 15.5. The Morgan fingerprint density at radius 1 is 0.938 bits per heavy atom. The van der Waals surface area contributed by atoms with Crippen molar-refractivity contribution in [3.8, 4) is 11.6 Å². The normalized spacial score (nSPS) is 10.8. The van der Waals surface area contributed by atoms with Crippen molar-refractivity contribution in [2.24, 2.45) is 0 Å². The molecule has 0 unspecified atom stereocenters. The summed E-state index contributed by atoms with van der Waals surface area (Å²) in [6, 6.07) is 25.9. The van der Waals surface area contributed by atoms with Gasteiger partial charge in [-0.15, -0.1) is 0 Å². The number of nitrogens with zero attached hydrogens (tertiary/aromatic N) is 2. The van der Waals surface area contributed by atoms with Crippen molar-refractivity contribution < 1.29 is 9.90 Å². The van der Waals surface area contributed by atoms with E-state index in [2.05, 4.69) is 4.98 Å². The minimum Gasteiger partial charge on any atom is -0.493 e. The van der Waals surface area contributed by atoms with Crippen LogP contribution in [0.3, 0.4) is 0 Å². The summed E-state index contributed by atoms with van der Waals surface area (Å²) in [5.74, 6) is -0.287. The standard InChI is InChI=1S/C26H22N2O3S/c1-18-12-14-21(15-13-18)28-25(31)22(16-19-8-4-2-5-9-19)24(30)27-26(28)32-17-23(29)20-10-6-3-7-11-20/h2-15,30H,16-17H2,1H3. The average molecular weight is 443 g/mol. The van der Waals surface area contributed by atoms with Gasteiger partial charge in [-0.05, 0) is 24.6 Å². The molecule has 1 N–H and O–H groups in total. The van der Waals surface area contributed by atoms with Gasteiger partial charge >= 0.3 is 0 Å². The lowest BCUT2D eigenvalue weighted by molar-refractivity contribution is 0.102. The molecule has 3 aromatic carbocycles. The summed E-state index contributed by atoms with van der Waals surface area (Å²) >= 11 is 1.13. The third kappa shape index (κ3) is 4.81. The van der Waals surface area contributed by atoms with Crippen LogP contribution < -0.4 is 5.56 Å². The monoisotopic (exact) mass is 442 g/mol. The quantitative estimate of drug-likeness (QED) is 0.253. The van der Waals surface area contributed by atoms with Crippen LogP contribution >= 0.6 is 11.8 Å². The largest absolute Gasteiger partial charge is 0.493 e. The zero-order valence-corrected chi connectivity index (χ0v) is 18.4. The van der Waals surface area contributed by atoms with Crippen LogP contribution in [0.25, 0.3) is 5.69 Å². The van der Waals surface area contributed by atoms with E-state index in [0.29, 0.717) is 11.3 Å². The molecule has 0 radical (unpaired) electrons. The topological polar surface area (TPSA) is 72.2 Å². The Morgan fingerprint density at radius 2 is 1.56 bits per heavy atom. The molecule has 0 spiro atoms. The second-order valence-electron chi connectivity index (χ2n) is 7.41. The van der Waals surface area contributed by atoms with Crippen molar-refractivity contribution >= 4 is 17.5 Å². The summed E-state index contributed by atoms with van der Waals surface area (Å²) in [5, 5.41) is 10.9. The number of ketones is 1. The van der Waals surface area contributed by atoms with Crippen molar-refractivity contribution in [3.05, 3.63) is 118 Å². The number of Topliss-reactive ketones (excluding diaryl/α,β-unsaturated/α-hetero) is 1. The first kappa shape index (κ1) is 21.6. The van der Waals surface area contributed by atoms with E-state index in [0.717, 1.165) is 22.9 Å². The smallest absolute Gasteiger partial charge is 0.266 e. The van der Waals surface area contributed by atoms with Gasteiger partial charge in [0.15, 0.2) is 10.9 Å². The average Bonchev–Trinajstić information content (AvgIpc) is 2.82. The van der Waals surface area contributed by atoms with Crippen molar-refractivity contribution in [3.63, 3.8) is 0 Å². The van der Waals surface area contributed by atoms with Crippen LogP contribution in [-0.2, 0) is 6.42 Å². The number of carbonyl (C=O) groups excluding carboxylic acids is 1. The highest BCUT2D eigenvalue weighted by molar-refractivity contribution is 7.99. The second-order valence-corrected chi connectivity index (χ2v) is 8.36. The molecular weight excluding hydrogens is 420 g/mol. The molecule has 0 aliphatic heterocycles. The van der Waals surface area contributed by atoms with Gasteiger partial charge in [-0.25, -0.2) is 0 Å². The number of rotatable bonds is 7. The predicted molar refractivity (Wildman–Crippen MR) is 127 cm³/mol. The maximum absolute atomic E-state index is 13.5. The Balaban J connectivity index is 1.74. The fourth-order valence-corrected chi connectivity index (χ4v) is 4.23. The van der Waals surface area contributed by atoms with Gasteiger partial charge in [0, 0.05) is 12.0 Å². The molecule has 4 aromatic rings. The molecule has 0 fully saturated rings. The third-order valence-corrected chi connectivity index (χ3v) is 6.01. The molecular formula is C26H22N2O3S. The number of aryl methyl sites for hydroxylation is 1. The number of thioether (sulfide) groups is 1. The lowest BCUT2D eigenvalue weighted by Gasteiger charge is -2.15. The molecule has 0 saturated heterocycles. The molecule has 1 aromatic heterocycles. The molecule has 5 nitrogen and oxygen atoms in total. The Bertz CT molecular complexity index is 1280. The number of hydrogen-bond acceptors (Lipinski definition) is 5. The molecule has 0 aliphatic carbocycles. The summed E-state index contributed by atoms with van der Waals surface area (Å²) in [5.41, 5.74) is 3.06. The fraction of sp³-hybridized carbons (Fsp3) is 0.115. The molecule has 0 saturated carbocycles. The van der Waals surface area contributed by atoms with E-state index in [-0.39, 0.29) is 40.1 Å². The van der Waals surface area contributed by atoms with E-state index in [1.54, 1.807) is 12.1 Å². The van der Waals surface area contributed by atoms with E-state index in [9.17, 15) is 14.7 Å². The van der Waals surface area contributed by atoms with E-state index >= 15 is 0 Å². The van der Waals surface area contributed by atoms with Crippen LogP contribution in [0.2, 0.25) is 0 Å². The zero-order chi connectivity index (χ0) is 22.5. The highest BCUT2D eigenvalue weighted by atomic mass is 32.2. The van der Waals surface area contributed by atoms with Gasteiger partial charge in [0.1, 0.15) is 0 Å². The molecule has 4 rings (SSSR count). The molecule has 6 heteroatoms. The summed E-state index contributed by atoms with van der Waals surface area (Å²) in [7, 11) is 0. The van der Waals surface area contributed by atoms with Crippen molar-refractivity contribution in [1.82, 2.24) is 9.55 Å². The van der Waals surface area contributed by atoms with Crippen LogP contribution in [0.4, 0.5) is 0 Å². The maximum atomic E-state index is 13.5. The van der Waals surface area contributed by atoms with Crippen LogP contribution in [0.15, 0.2) is 94.9 Å². The molecule has 0 amide bonds. The molecule has 0 bridgehead atoms. The number of carbonyl (C=O) groups is 1. The van der Waals surface area contributed by atoms with Gasteiger partial charge < -0.3 is 5.11 Å². The highest BCUT2D eigenvalue weighted by Crippen LogP contribution is 2.25. The van der Waals surface area contributed by atoms with Gasteiger partial charge in [0.25, 0.3) is 5.56 Å². The minimum absolute atomic E-state index is 0.0758. The summed E-state index contributed by atoms with van der Waals surface area (Å²) in [6.07, 6.45) is 0.262. The first-order valence-corrected chi connectivity index (χ1v) is 11.2. The van der Waals surface area contributed by atoms with E-state index < -0.39 is 0 Å². The van der Waals surface area contributed by atoms with Crippen LogP contribution in [0.5, 0.6) is 5.88 Å². The van der Waals surface area contributed by atoms with Crippen LogP contribution in [0, 0.1) is 6.92 Å². The number of aromatic nitrogens is 2. The van der Waals surface area contributed by atoms with Gasteiger partial charge in [-0.3, -0.25) is 14.2 Å². The second kappa shape index (κ2) is 9.66. The van der Waals surface area contributed by atoms with Gasteiger partial charge in [0.05, 0.1) is 17.0 Å².